The number of nitriles is 1. The van der Waals surface area contributed by atoms with Crippen LogP contribution in [-0.2, 0) is 9.53 Å². The Morgan fingerprint density at radius 2 is 2.27 bits per heavy atom. The Hall–Kier alpha value is -2.13. The van der Waals surface area contributed by atoms with Crippen LogP contribution < -0.4 is 5.32 Å². The zero-order valence-electron chi connectivity index (χ0n) is 11.7. The third-order valence-corrected chi connectivity index (χ3v) is 4.46. The first kappa shape index (κ1) is 14.8. The summed E-state index contributed by atoms with van der Waals surface area (Å²) in [6.07, 6.45) is 0.579. The first-order valence-corrected chi connectivity index (χ1v) is 7.55. The molecule has 0 fully saturated rings. The number of allylic oxidation sites excluding steroid dienone is 2. The molecule has 0 aromatic heterocycles. The van der Waals surface area contributed by atoms with Crippen LogP contribution in [0.4, 0.5) is 4.39 Å². The van der Waals surface area contributed by atoms with E-state index >= 15 is 0 Å². The zero-order valence-corrected chi connectivity index (χ0v) is 13.3. The summed E-state index contributed by atoms with van der Waals surface area (Å²) in [6.45, 7) is 2.12. The van der Waals surface area contributed by atoms with Gasteiger partial charge in [-0.1, -0.05) is 6.07 Å². The maximum Gasteiger partial charge on any atom is 0.336 e. The van der Waals surface area contributed by atoms with Gasteiger partial charge in [-0.3, -0.25) is 0 Å². The second-order valence-electron chi connectivity index (χ2n) is 5.16. The minimum atomic E-state index is -0.536. The molecular weight excluding hydrogens is 351 g/mol. The Balaban J connectivity index is 2.20. The van der Waals surface area contributed by atoms with E-state index in [1.54, 1.807) is 19.1 Å². The Morgan fingerprint density at radius 1 is 1.50 bits per heavy atom. The highest BCUT2D eigenvalue weighted by Crippen LogP contribution is 2.41. The molecule has 1 unspecified atom stereocenters. The van der Waals surface area contributed by atoms with Crippen molar-refractivity contribution < 1.29 is 13.9 Å². The number of carbonyl (C=O) groups is 1. The zero-order chi connectivity index (χ0) is 15.9. The quantitative estimate of drug-likeness (QED) is 0.778. The average Bonchev–Trinajstić information content (AvgIpc) is 2.49. The summed E-state index contributed by atoms with van der Waals surface area (Å²) in [5, 5.41) is 12.6. The second kappa shape index (κ2) is 5.58. The molecule has 1 N–H and O–H groups in total. The largest absolute Gasteiger partial charge is 0.462 e. The number of hydrogen-bond donors (Lipinski definition) is 1. The van der Waals surface area contributed by atoms with Gasteiger partial charge >= 0.3 is 5.97 Å². The maximum atomic E-state index is 13.5. The van der Waals surface area contributed by atoms with Crippen LogP contribution >= 0.6 is 15.9 Å². The molecule has 3 rings (SSSR count). The monoisotopic (exact) mass is 362 g/mol. The molecular formula is C16H12BrFN2O2. The van der Waals surface area contributed by atoms with Crippen molar-refractivity contribution in [2.24, 2.45) is 0 Å². The molecule has 6 heteroatoms. The van der Waals surface area contributed by atoms with Crippen molar-refractivity contribution >= 4 is 21.9 Å². The van der Waals surface area contributed by atoms with Gasteiger partial charge in [0.2, 0.25) is 0 Å². The number of hydrogen-bond acceptors (Lipinski definition) is 4. The molecule has 0 radical (unpaired) electrons. The number of rotatable bonds is 1. The molecule has 2 aliphatic heterocycles. The molecule has 1 atom stereocenters. The van der Waals surface area contributed by atoms with Gasteiger partial charge in [0.05, 0.1) is 34.2 Å². The number of carbonyl (C=O) groups excluding carboxylic acids is 1. The molecule has 0 amide bonds. The summed E-state index contributed by atoms with van der Waals surface area (Å²) in [7, 11) is 0. The third-order valence-electron chi connectivity index (χ3n) is 3.85. The smallest absolute Gasteiger partial charge is 0.336 e. The number of esters is 1. The molecule has 22 heavy (non-hydrogen) atoms. The Kier molecular flexibility index (Phi) is 3.75. The van der Waals surface area contributed by atoms with Gasteiger partial charge in [-0.05, 0) is 40.5 Å². The molecule has 2 aliphatic rings. The molecule has 0 saturated heterocycles. The summed E-state index contributed by atoms with van der Waals surface area (Å²) in [4.78, 5) is 12.2. The first-order chi connectivity index (χ1) is 10.5. The van der Waals surface area contributed by atoms with Gasteiger partial charge in [-0.25, -0.2) is 9.18 Å². The van der Waals surface area contributed by atoms with Crippen LogP contribution in [0.2, 0.25) is 0 Å². The van der Waals surface area contributed by atoms with Crippen LogP contribution in [0.1, 0.15) is 24.8 Å². The topological polar surface area (TPSA) is 62.1 Å². The van der Waals surface area contributed by atoms with E-state index in [1.807, 2.05) is 0 Å². The fourth-order valence-electron chi connectivity index (χ4n) is 2.83. The lowest BCUT2D eigenvalue weighted by Crippen LogP contribution is -2.33. The molecule has 112 valence electrons. The molecule has 4 nitrogen and oxygen atoms in total. The van der Waals surface area contributed by atoms with E-state index in [1.165, 1.54) is 6.07 Å². The van der Waals surface area contributed by atoms with Crippen molar-refractivity contribution in [3.63, 3.8) is 0 Å². The van der Waals surface area contributed by atoms with Crippen molar-refractivity contribution in [2.45, 2.75) is 19.3 Å². The normalized spacial score (nSPS) is 21.0. The van der Waals surface area contributed by atoms with Gasteiger partial charge in [0.1, 0.15) is 5.82 Å². The number of dihydropyridines is 1. The van der Waals surface area contributed by atoms with Crippen molar-refractivity contribution in [2.75, 3.05) is 6.61 Å². The van der Waals surface area contributed by atoms with E-state index in [9.17, 15) is 14.4 Å². The van der Waals surface area contributed by atoms with Crippen LogP contribution in [0.3, 0.4) is 0 Å². The highest BCUT2D eigenvalue weighted by Gasteiger charge is 2.37. The molecule has 1 aromatic rings. The molecule has 0 aliphatic carbocycles. The van der Waals surface area contributed by atoms with Gasteiger partial charge < -0.3 is 10.1 Å². The minimum absolute atomic E-state index is 0.296. The fraction of sp³-hybridized carbons (Fsp3) is 0.250. The van der Waals surface area contributed by atoms with E-state index in [0.29, 0.717) is 39.9 Å². The molecule has 0 saturated carbocycles. The van der Waals surface area contributed by atoms with E-state index in [2.05, 4.69) is 27.3 Å². The van der Waals surface area contributed by atoms with Crippen LogP contribution in [0.25, 0.3) is 0 Å². The van der Waals surface area contributed by atoms with Gasteiger partial charge in [-0.15, -0.1) is 0 Å². The van der Waals surface area contributed by atoms with Gasteiger partial charge in [-0.2, -0.15) is 5.26 Å². The lowest BCUT2D eigenvalue weighted by Gasteiger charge is -2.32. The summed E-state index contributed by atoms with van der Waals surface area (Å²) in [5.41, 5.74) is 3.04. The first-order valence-electron chi connectivity index (χ1n) is 6.76. The highest BCUT2D eigenvalue weighted by atomic mass is 79.9. The number of nitrogens with zero attached hydrogens (tertiary/aromatic N) is 1. The SMILES string of the molecule is CC1=C(C#N)C(c2ccc(F)c(Br)c2)C2=C(CCOC2=O)N1. The lowest BCUT2D eigenvalue weighted by atomic mass is 9.80. The number of benzene rings is 1. The number of halogens is 2. The van der Waals surface area contributed by atoms with Crippen LogP contribution in [-0.4, -0.2) is 12.6 Å². The van der Waals surface area contributed by atoms with Crippen molar-refractivity contribution in [3.8, 4) is 6.07 Å². The Morgan fingerprint density at radius 3 is 2.95 bits per heavy atom. The minimum Gasteiger partial charge on any atom is -0.462 e. The second-order valence-corrected chi connectivity index (χ2v) is 6.01. The van der Waals surface area contributed by atoms with E-state index < -0.39 is 17.7 Å². The summed E-state index contributed by atoms with van der Waals surface area (Å²) in [6, 6.07) is 6.67. The predicted octanol–water partition coefficient (Wildman–Crippen LogP) is 3.27. The molecule has 2 heterocycles. The van der Waals surface area contributed by atoms with Crippen molar-refractivity contribution in [1.82, 2.24) is 5.32 Å². The summed E-state index contributed by atoms with van der Waals surface area (Å²) in [5.74, 6) is -1.36. The van der Waals surface area contributed by atoms with Gasteiger partial charge in [0.15, 0.2) is 0 Å². The third kappa shape index (κ3) is 2.32. The standard InChI is InChI=1S/C16H12BrFN2O2/c1-8-10(7-19)14(9-2-3-12(18)11(17)6-9)15-13(20-8)4-5-22-16(15)21/h2-3,6,14,20H,4-5H2,1H3. The Bertz CT molecular complexity index is 777. The number of cyclic esters (lactones) is 1. The highest BCUT2D eigenvalue weighted by molar-refractivity contribution is 9.10. The van der Waals surface area contributed by atoms with Crippen molar-refractivity contribution in [3.05, 3.63) is 56.6 Å². The predicted molar refractivity (Wildman–Crippen MR) is 80.9 cm³/mol. The summed E-state index contributed by atoms with van der Waals surface area (Å²) < 4.78 is 18.9. The van der Waals surface area contributed by atoms with Crippen molar-refractivity contribution in [1.29, 1.82) is 5.26 Å². The fourth-order valence-corrected chi connectivity index (χ4v) is 3.23. The van der Waals surface area contributed by atoms with E-state index in [4.69, 9.17) is 4.74 Å². The molecule has 0 spiro atoms. The average molecular weight is 363 g/mol. The molecule has 0 bridgehead atoms. The number of nitrogens with one attached hydrogen (secondary N) is 1. The summed E-state index contributed by atoms with van der Waals surface area (Å²) >= 11 is 3.15. The Labute approximate surface area is 135 Å². The van der Waals surface area contributed by atoms with Crippen LogP contribution in [0, 0.1) is 17.1 Å². The lowest BCUT2D eigenvalue weighted by molar-refractivity contribution is -0.140. The van der Waals surface area contributed by atoms with Crippen LogP contribution in [0.15, 0.2) is 45.2 Å². The van der Waals surface area contributed by atoms with Gasteiger partial charge in [0.25, 0.3) is 0 Å². The van der Waals surface area contributed by atoms with E-state index in [-0.39, 0.29) is 0 Å². The molecule has 1 aromatic carbocycles. The maximum absolute atomic E-state index is 13.5. The van der Waals surface area contributed by atoms with E-state index in [0.717, 1.165) is 5.70 Å². The number of ether oxygens (including phenoxy) is 1. The van der Waals surface area contributed by atoms with Crippen LogP contribution in [0.5, 0.6) is 0 Å². The van der Waals surface area contributed by atoms with Gasteiger partial charge in [0, 0.05) is 17.8 Å².